The number of carbonyl (C=O) groups is 1. The zero-order chi connectivity index (χ0) is 13.7. The highest BCUT2D eigenvalue weighted by atomic mass is 35.5. The third kappa shape index (κ3) is 3.85. The van der Waals surface area contributed by atoms with Crippen LogP contribution in [0, 0.1) is 5.92 Å². The van der Waals surface area contributed by atoms with Gasteiger partial charge in [-0.05, 0) is 50.4 Å². The number of hydrogen-bond acceptors (Lipinski definition) is 3. The first-order valence-electron chi connectivity index (χ1n) is 6.71. The Balaban J connectivity index is 1.92. The van der Waals surface area contributed by atoms with Crippen LogP contribution in [0.1, 0.15) is 29.6 Å². The minimum Gasteiger partial charge on any atom is -0.384 e. The van der Waals surface area contributed by atoms with Gasteiger partial charge in [0.25, 0.3) is 5.91 Å². The molecule has 1 aromatic rings. The zero-order valence-electron chi connectivity index (χ0n) is 10.9. The molecule has 104 valence electrons. The molecule has 1 atom stereocenters. The van der Waals surface area contributed by atoms with Gasteiger partial charge in [0.05, 0.1) is 10.6 Å². The molecule has 1 heterocycles. The van der Waals surface area contributed by atoms with Gasteiger partial charge in [-0.1, -0.05) is 17.7 Å². The van der Waals surface area contributed by atoms with Crippen LogP contribution >= 0.6 is 11.6 Å². The summed E-state index contributed by atoms with van der Waals surface area (Å²) in [7, 11) is 0. The molecule has 1 amide bonds. The van der Waals surface area contributed by atoms with Gasteiger partial charge in [-0.2, -0.15) is 0 Å². The molecule has 1 aromatic carbocycles. The third-order valence-electron chi connectivity index (χ3n) is 3.53. The van der Waals surface area contributed by atoms with Crippen molar-refractivity contribution >= 4 is 23.2 Å². The molecular formula is C14H20ClN3O. The zero-order valence-corrected chi connectivity index (χ0v) is 11.7. The van der Waals surface area contributed by atoms with E-state index < -0.39 is 5.91 Å². The van der Waals surface area contributed by atoms with E-state index in [1.54, 1.807) is 6.07 Å². The average molecular weight is 282 g/mol. The summed E-state index contributed by atoms with van der Waals surface area (Å²) in [4.78, 5) is 11.4. The summed E-state index contributed by atoms with van der Waals surface area (Å²) in [6.45, 7) is 3.04. The molecule has 0 aliphatic carbocycles. The van der Waals surface area contributed by atoms with Gasteiger partial charge < -0.3 is 16.4 Å². The van der Waals surface area contributed by atoms with Crippen molar-refractivity contribution in [3.8, 4) is 0 Å². The highest BCUT2D eigenvalue weighted by Gasteiger charge is 2.14. The number of benzene rings is 1. The van der Waals surface area contributed by atoms with Gasteiger partial charge in [0.1, 0.15) is 0 Å². The average Bonchev–Trinajstić information content (AvgIpc) is 2.39. The minimum atomic E-state index is -0.493. The molecule has 1 aliphatic heterocycles. The second kappa shape index (κ2) is 6.78. The highest BCUT2D eigenvalue weighted by molar-refractivity contribution is 6.34. The van der Waals surface area contributed by atoms with Crippen molar-refractivity contribution in [3.05, 3.63) is 28.8 Å². The van der Waals surface area contributed by atoms with Crippen LogP contribution < -0.4 is 16.4 Å². The van der Waals surface area contributed by atoms with E-state index >= 15 is 0 Å². The molecule has 4 nitrogen and oxygen atoms in total. The van der Waals surface area contributed by atoms with E-state index in [0.29, 0.717) is 16.5 Å². The molecule has 1 aliphatic rings. The molecule has 2 rings (SSSR count). The summed E-state index contributed by atoms with van der Waals surface area (Å²) < 4.78 is 0. The first-order valence-corrected chi connectivity index (χ1v) is 7.09. The van der Waals surface area contributed by atoms with E-state index in [4.69, 9.17) is 17.3 Å². The van der Waals surface area contributed by atoms with E-state index in [9.17, 15) is 4.79 Å². The first-order chi connectivity index (χ1) is 9.18. The van der Waals surface area contributed by atoms with Crippen LogP contribution in [0.2, 0.25) is 5.02 Å². The molecule has 19 heavy (non-hydrogen) atoms. The number of halogens is 1. The van der Waals surface area contributed by atoms with E-state index in [1.807, 2.05) is 12.1 Å². The van der Waals surface area contributed by atoms with Gasteiger partial charge in [-0.15, -0.1) is 0 Å². The monoisotopic (exact) mass is 281 g/mol. The van der Waals surface area contributed by atoms with Crippen LogP contribution in [0.25, 0.3) is 0 Å². The highest BCUT2D eigenvalue weighted by Crippen LogP contribution is 2.24. The summed E-state index contributed by atoms with van der Waals surface area (Å²) in [5.74, 6) is 0.213. The lowest BCUT2D eigenvalue weighted by atomic mass is 9.96. The Morgan fingerprint density at radius 1 is 1.53 bits per heavy atom. The van der Waals surface area contributed by atoms with Crippen molar-refractivity contribution < 1.29 is 4.79 Å². The number of nitrogens with one attached hydrogen (secondary N) is 2. The quantitative estimate of drug-likeness (QED) is 0.775. The predicted molar refractivity (Wildman–Crippen MR) is 78.7 cm³/mol. The maximum atomic E-state index is 11.4. The lowest BCUT2D eigenvalue weighted by molar-refractivity contribution is 0.100. The van der Waals surface area contributed by atoms with Crippen LogP contribution in [0.3, 0.4) is 0 Å². The Morgan fingerprint density at radius 2 is 2.37 bits per heavy atom. The SMILES string of the molecule is NC(=O)c1c(Cl)cccc1NCCC1CCCNC1. The van der Waals surface area contributed by atoms with Crippen LogP contribution in [-0.4, -0.2) is 25.5 Å². The molecule has 5 heteroatoms. The minimum absolute atomic E-state index is 0.380. The number of amides is 1. The molecule has 0 radical (unpaired) electrons. The first kappa shape index (κ1) is 14.2. The van der Waals surface area contributed by atoms with Crippen molar-refractivity contribution in [3.63, 3.8) is 0 Å². The molecule has 4 N–H and O–H groups in total. The molecule has 0 spiro atoms. The van der Waals surface area contributed by atoms with E-state index in [-0.39, 0.29) is 0 Å². The predicted octanol–water partition coefficient (Wildman–Crippen LogP) is 2.24. The number of carbonyl (C=O) groups excluding carboxylic acids is 1. The van der Waals surface area contributed by atoms with Crippen molar-refractivity contribution in [2.75, 3.05) is 25.0 Å². The van der Waals surface area contributed by atoms with Gasteiger partial charge in [-0.3, -0.25) is 4.79 Å². The van der Waals surface area contributed by atoms with E-state index in [2.05, 4.69) is 10.6 Å². The number of primary amides is 1. The van der Waals surface area contributed by atoms with Crippen molar-refractivity contribution in [1.82, 2.24) is 5.32 Å². The van der Waals surface area contributed by atoms with Crippen molar-refractivity contribution in [1.29, 1.82) is 0 Å². The van der Waals surface area contributed by atoms with Crippen molar-refractivity contribution in [2.45, 2.75) is 19.3 Å². The molecule has 1 fully saturated rings. The van der Waals surface area contributed by atoms with Gasteiger partial charge in [-0.25, -0.2) is 0 Å². The van der Waals surface area contributed by atoms with Gasteiger partial charge >= 0.3 is 0 Å². The van der Waals surface area contributed by atoms with E-state index in [1.165, 1.54) is 12.8 Å². The molecule has 0 aromatic heterocycles. The summed E-state index contributed by atoms with van der Waals surface area (Å²) in [5.41, 5.74) is 6.46. The fourth-order valence-corrected chi connectivity index (χ4v) is 2.77. The summed E-state index contributed by atoms with van der Waals surface area (Å²) in [6.07, 6.45) is 3.60. The summed E-state index contributed by atoms with van der Waals surface area (Å²) in [5, 5.41) is 7.07. The van der Waals surface area contributed by atoms with Crippen LogP contribution in [0.15, 0.2) is 18.2 Å². The fraction of sp³-hybridized carbons (Fsp3) is 0.500. The second-order valence-electron chi connectivity index (χ2n) is 4.95. The Morgan fingerprint density at radius 3 is 3.05 bits per heavy atom. The van der Waals surface area contributed by atoms with Gasteiger partial charge in [0.2, 0.25) is 0 Å². The fourth-order valence-electron chi connectivity index (χ4n) is 2.50. The Bertz CT molecular complexity index is 444. The summed E-state index contributed by atoms with van der Waals surface area (Å²) in [6, 6.07) is 5.34. The maximum absolute atomic E-state index is 11.4. The largest absolute Gasteiger partial charge is 0.384 e. The van der Waals surface area contributed by atoms with Crippen LogP contribution in [-0.2, 0) is 0 Å². The Labute approximate surface area is 118 Å². The van der Waals surface area contributed by atoms with Crippen molar-refractivity contribution in [2.24, 2.45) is 11.7 Å². The van der Waals surface area contributed by atoms with E-state index in [0.717, 1.165) is 31.7 Å². The number of nitrogens with two attached hydrogens (primary N) is 1. The topological polar surface area (TPSA) is 67.2 Å². The lowest BCUT2D eigenvalue weighted by Gasteiger charge is -2.23. The third-order valence-corrected chi connectivity index (χ3v) is 3.84. The van der Waals surface area contributed by atoms with Gasteiger partial charge in [0, 0.05) is 12.2 Å². The Hall–Kier alpha value is -1.26. The number of piperidine rings is 1. The molecular weight excluding hydrogens is 262 g/mol. The lowest BCUT2D eigenvalue weighted by Crippen LogP contribution is -2.30. The number of anilines is 1. The van der Waals surface area contributed by atoms with Crippen LogP contribution in [0.5, 0.6) is 0 Å². The Kier molecular flexibility index (Phi) is 5.05. The maximum Gasteiger partial charge on any atom is 0.252 e. The van der Waals surface area contributed by atoms with Gasteiger partial charge in [0.15, 0.2) is 0 Å². The summed E-state index contributed by atoms with van der Waals surface area (Å²) >= 11 is 6.00. The molecule has 0 saturated carbocycles. The molecule has 1 saturated heterocycles. The molecule has 0 bridgehead atoms. The molecule has 1 unspecified atom stereocenters. The standard InChI is InChI=1S/C14H20ClN3O/c15-11-4-1-5-12(13(11)14(16)19)18-8-6-10-3-2-7-17-9-10/h1,4-5,10,17-18H,2-3,6-9H2,(H2,16,19). The number of rotatable bonds is 5. The smallest absolute Gasteiger partial charge is 0.252 e. The second-order valence-corrected chi connectivity index (χ2v) is 5.36. The van der Waals surface area contributed by atoms with Crippen LogP contribution in [0.4, 0.5) is 5.69 Å². The number of hydrogen-bond donors (Lipinski definition) is 3. The normalized spacial score (nSPS) is 19.1.